The summed E-state index contributed by atoms with van der Waals surface area (Å²) in [7, 11) is 0. The molecule has 0 saturated heterocycles. The molecule has 0 saturated carbocycles. The first-order valence-electron chi connectivity index (χ1n) is 9.28. The number of carbonyl (C=O) groups excluding carboxylic acids is 1. The number of halogens is 1. The fourth-order valence-corrected chi connectivity index (χ4v) is 3.51. The van der Waals surface area contributed by atoms with Gasteiger partial charge in [-0.25, -0.2) is 9.97 Å². The smallest absolute Gasteiger partial charge is 0.251 e. The van der Waals surface area contributed by atoms with Crippen LogP contribution in [0.5, 0.6) is 0 Å². The van der Waals surface area contributed by atoms with Gasteiger partial charge in [0.05, 0.1) is 0 Å². The van der Waals surface area contributed by atoms with Crippen LogP contribution in [0.1, 0.15) is 50.0 Å². The molecule has 2 aromatic rings. The highest BCUT2D eigenvalue weighted by atomic mass is 35.5. The van der Waals surface area contributed by atoms with Crippen LogP contribution in [0.25, 0.3) is 0 Å². The van der Waals surface area contributed by atoms with Crippen molar-refractivity contribution in [1.82, 2.24) is 15.3 Å². The third-order valence-corrected chi connectivity index (χ3v) is 5.43. The van der Waals surface area contributed by atoms with E-state index in [0.29, 0.717) is 21.6 Å². The molecule has 0 bridgehead atoms. The lowest BCUT2D eigenvalue weighted by molar-refractivity contribution is 0.0939. The summed E-state index contributed by atoms with van der Waals surface area (Å²) in [6.07, 6.45) is 0.912. The second kappa shape index (κ2) is 10.5. The highest BCUT2D eigenvalue weighted by Crippen LogP contribution is 2.24. The van der Waals surface area contributed by atoms with E-state index in [1.165, 1.54) is 11.8 Å². The summed E-state index contributed by atoms with van der Waals surface area (Å²) in [4.78, 5) is 23.2. The fourth-order valence-electron chi connectivity index (χ4n) is 2.47. The molecule has 1 amide bonds. The molecule has 27 heavy (non-hydrogen) atoms. The summed E-state index contributed by atoms with van der Waals surface area (Å²) >= 11 is 7.70. The van der Waals surface area contributed by atoms with E-state index in [1.807, 2.05) is 31.2 Å². The van der Waals surface area contributed by atoms with Gasteiger partial charge >= 0.3 is 0 Å². The Morgan fingerprint density at radius 2 is 1.85 bits per heavy atom. The van der Waals surface area contributed by atoms with Gasteiger partial charge in [0.2, 0.25) is 0 Å². The van der Waals surface area contributed by atoms with Gasteiger partial charge in [0.1, 0.15) is 11.0 Å². The molecule has 1 N–H and O–H groups in total. The summed E-state index contributed by atoms with van der Waals surface area (Å²) in [6, 6.07) is 9.61. The van der Waals surface area contributed by atoms with Crippen molar-refractivity contribution >= 4 is 35.1 Å². The van der Waals surface area contributed by atoms with Crippen LogP contribution < -0.4 is 10.2 Å². The highest BCUT2D eigenvalue weighted by molar-refractivity contribution is 7.98. The van der Waals surface area contributed by atoms with E-state index in [9.17, 15) is 4.79 Å². The van der Waals surface area contributed by atoms with Crippen LogP contribution in [0.3, 0.4) is 0 Å². The molecule has 0 aliphatic rings. The molecule has 1 heterocycles. The second-order valence-electron chi connectivity index (χ2n) is 6.27. The van der Waals surface area contributed by atoms with Gasteiger partial charge in [-0.3, -0.25) is 4.79 Å². The van der Waals surface area contributed by atoms with Gasteiger partial charge in [0.25, 0.3) is 5.91 Å². The number of nitrogens with zero attached hydrogens (tertiary/aromatic N) is 3. The zero-order valence-electron chi connectivity index (χ0n) is 16.3. The molecule has 0 unspecified atom stereocenters. The molecule has 0 spiro atoms. The van der Waals surface area contributed by atoms with E-state index in [-0.39, 0.29) is 11.9 Å². The van der Waals surface area contributed by atoms with Crippen molar-refractivity contribution in [3.05, 3.63) is 46.6 Å². The topological polar surface area (TPSA) is 58.1 Å². The SMILES string of the molecule is CC[C@H](C)NC(=O)c1ccc(CSc2nc(Cl)cc(N(CC)CC)n2)cc1. The summed E-state index contributed by atoms with van der Waals surface area (Å²) < 4.78 is 0. The molecule has 0 fully saturated rings. The van der Waals surface area contributed by atoms with Gasteiger partial charge in [-0.2, -0.15) is 0 Å². The van der Waals surface area contributed by atoms with E-state index >= 15 is 0 Å². The highest BCUT2D eigenvalue weighted by Gasteiger charge is 2.10. The van der Waals surface area contributed by atoms with Gasteiger partial charge in [-0.05, 0) is 44.9 Å². The van der Waals surface area contributed by atoms with Gasteiger partial charge in [-0.1, -0.05) is 42.4 Å². The van der Waals surface area contributed by atoms with Crippen LogP contribution in [0.15, 0.2) is 35.5 Å². The monoisotopic (exact) mass is 406 g/mol. The maximum Gasteiger partial charge on any atom is 0.251 e. The largest absolute Gasteiger partial charge is 0.357 e. The third-order valence-electron chi connectivity index (χ3n) is 4.32. The molecule has 0 aliphatic heterocycles. The summed E-state index contributed by atoms with van der Waals surface area (Å²) in [6.45, 7) is 9.97. The number of rotatable bonds is 9. The minimum Gasteiger partial charge on any atom is -0.357 e. The average molecular weight is 407 g/mol. The Bertz CT molecular complexity index is 750. The first-order valence-corrected chi connectivity index (χ1v) is 10.6. The number of hydrogen-bond donors (Lipinski definition) is 1. The third kappa shape index (κ3) is 6.40. The number of carbonyl (C=O) groups is 1. The Morgan fingerprint density at radius 1 is 1.19 bits per heavy atom. The van der Waals surface area contributed by atoms with Crippen LogP contribution >= 0.6 is 23.4 Å². The predicted molar refractivity (Wildman–Crippen MR) is 114 cm³/mol. The first kappa shape index (κ1) is 21.5. The zero-order valence-corrected chi connectivity index (χ0v) is 17.9. The Labute approximate surface area is 170 Å². The van der Waals surface area contributed by atoms with Crippen molar-refractivity contribution in [2.24, 2.45) is 0 Å². The molecule has 2 rings (SSSR count). The van der Waals surface area contributed by atoms with Gasteiger partial charge < -0.3 is 10.2 Å². The van der Waals surface area contributed by atoms with Crippen molar-refractivity contribution in [3.8, 4) is 0 Å². The average Bonchev–Trinajstić information content (AvgIpc) is 2.67. The Kier molecular flexibility index (Phi) is 8.38. The molecule has 1 aromatic carbocycles. The number of amides is 1. The Balaban J connectivity index is 2.01. The van der Waals surface area contributed by atoms with Crippen LogP contribution in [0.2, 0.25) is 5.15 Å². The number of thioether (sulfide) groups is 1. The molecule has 146 valence electrons. The van der Waals surface area contributed by atoms with Crippen LogP contribution in [-0.2, 0) is 5.75 Å². The molecule has 0 aliphatic carbocycles. The van der Waals surface area contributed by atoms with Gasteiger partial charge in [0, 0.05) is 36.5 Å². The lowest BCUT2D eigenvalue weighted by Crippen LogP contribution is -2.31. The van der Waals surface area contributed by atoms with Gasteiger partial charge in [0.15, 0.2) is 5.16 Å². The quantitative estimate of drug-likeness (QED) is 0.368. The van der Waals surface area contributed by atoms with E-state index in [1.54, 1.807) is 6.07 Å². The minimum atomic E-state index is -0.0365. The van der Waals surface area contributed by atoms with Crippen LogP contribution in [-0.4, -0.2) is 35.0 Å². The molecular formula is C20H27ClN4OS. The fraction of sp³-hybridized carbons (Fsp3) is 0.450. The summed E-state index contributed by atoms with van der Waals surface area (Å²) in [5, 5.41) is 4.08. The first-order chi connectivity index (χ1) is 13.0. The molecule has 5 nitrogen and oxygen atoms in total. The molecule has 1 aromatic heterocycles. The van der Waals surface area contributed by atoms with Crippen LogP contribution in [0.4, 0.5) is 5.82 Å². The molecule has 1 atom stereocenters. The molecule has 7 heteroatoms. The van der Waals surface area contributed by atoms with Crippen LogP contribution in [0, 0.1) is 0 Å². The number of benzene rings is 1. The normalized spacial score (nSPS) is 11.9. The van der Waals surface area contributed by atoms with Crippen molar-refractivity contribution in [1.29, 1.82) is 0 Å². The van der Waals surface area contributed by atoms with Crippen molar-refractivity contribution in [3.63, 3.8) is 0 Å². The summed E-state index contributed by atoms with van der Waals surface area (Å²) in [5.41, 5.74) is 1.78. The standard InChI is InChI=1S/C20H27ClN4OS/c1-5-14(4)22-19(26)16-10-8-15(9-11-16)13-27-20-23-17(21)12-18(24-20)25(6-2)7-3/h8-12,14H,5-7,13H2,1-4H3,(H,22,26)/t14-/m0/s1. The number of nitrogens with one attached hydrogen (secondary N) is 1. The van der Waals surface area contributed by atoms with Crippen molar-refractivity contribution in [2.45, 2.75) is 51.1 Å². The number of hydrogen-bond acceptors (Lipinski definition) is 5. The predicted octanol–water partition coefficient (Wildman–Crippen LogP) is 4.80. The lowest BCUT2D eigenvalue weighted by Gasteiger charge is -2.20. The van der Waals surface area contributed by atoms with E-state index < -0.39 is 0 Å². The van der Waals surface area contributed by atoms with Gasteiger partial charge in [-0.15, -0.1) is 0 Å². The van der Waals surface area contributed by atoms with E-state index in [0.717, 1.165) is 30.9 Å². The lowest BCUT2D eigenvalue weighted by atomic mass is 10.1. The number of aromatic nitrogens is 2. The van der Waals surface area contributed by atoms with E-state index in [2.05, 4.69) is 41.0 Å². The summed E-state index contributed by atoms with van der Waals surface area (Å²) in [5.74, 6) is 1.52. The molecule has 0 radical (unpaired) electrons. The number of anilines is 1. The Morgan fingerprint density at radius 3 is 2.44 bits per heavy atom. The maximum atomic E-state index is 12.1. The van der Waals surface area contributed by atoms with E-state index in [4.69, 9.17) is 11.6 Å². The maximum absolute atomic E-state index is 12.1. The molecular weight excluding hydrogens is 380 g/mol. The van der Waals surface area contributed by atoms with Crippen molar-refractivity contribution in [2.75, 3.05) is 18.0 Å². The Hall–Kier alpha value is -1.79. The second-order valence-corrected chi connectivity index (χ2v) is 7.60. The van der Waals surface area contributed by atoms with Crippen molar-refractivity contribution < 1.29 is 4.79 Å². The zero-order chi connectivity index (χ0) is 19.8. The minimum absolute atomic E-state index is 0.0365.